The Balaban J connectivity index is 1.51. The molecule has 2 amide bonds. The summed E-state index contributed by atoms with van der Waals surface area (Å²) in [6.07, 6.45) is 0.276. The van der Waals surface area contributed by atoms with Crippen LogP contribution in [0.3, 0.4) is 0 Å². The number of nitrogens with one attached hydrogen (secondary N) is 1. The lowest BCUT2D eigenvalue weighted by Gasteiger charge is -2.33. The third kappa shape index (κ3) is 3.83. The SMILES string of the molecule is O=C(NC1CCN(C(=O)[C@@H](O)c2ccccc2)CC1)c1cccs1. The molecule has 0 radical (unpaired) electrons. The maximum Gasteiger partial charge on any atom is 0.261 e. The molecule has 3 rings (SSSR count). The molecule has 1 aliphatic heterocycles. The Morgan fingerprint density at radius 1 is 1.12 bits per heavy atom. The van der Waals surface area contributed by atoms with Crippen molar-refractivity contribution in [1.82, 2.24) is 10.2 Å². The molecule has 2 N–H and O–H groups in total. The number of aliphatic hydroxyl groups is 1. The van der Waals surface area contributed by atoms with E-state index in [4.69, 9.17) is 0 Å². The zero-order valence-electron chi connectivity index (χ0n) is 13.2. The zero-order valence-corrected chi connectivity index (χ0v) is 14.0. The summed E-state index contributed by atoms with van der Waals surface area (Å²) in [5.41, 5.74) is 0.607. The molecule has 2 heterocycles. The molecule has 0 unspecified atom stereocenters. The summed E-state index contributed by atoms with van der Waals surface area (Å²) in [4.78, 5) is 26.8. The fourth-order valence-electron chi connectivity index (χ4n) is 2.86. The minimum Gasteiger partial charge on any atom is -0.378 e. The summed E-state index contributed by atoms with van der Waals surface area (Å²) in [5.74, 6) is -0.330. The molecule has 1 aliphatic rings. The fourth-order valence-corrected chi connectivity index (χ4v) is 3.49. The van der Waals surface area contributed by atoms with Crippen LogP contribution in [0.25, 0.3) is 0 Å². The van der Waals surface area contributed by atoms with Crippen molar-refractivity contribution in [1.29, 1.82) is 0 Å². The number of hydrogen-bond acceptors (Lipinski definition) is 4. The van der Waals surface area contributed by atoms with E-state index >= 15 is 0 Å². The maximum atomic E-state index is 12.4. The Bertz CT molecular complexity index is 680. The third-order valence-corrected chi connectivity index (χ3v) is 5.10. The van der Waals surface area contributed by atoms with Crippen molar-refractivity contribution in [3.63, 3.8) is 0 Å². The number of nitrogens with zero attached hydrogens (tertiary/aromatic N) is 1. The molecule has 0 aliphatic carbocycles. The van der Waals surface area contributed by atoms with Gasteiger partial charge in [-0.05, 0) is 29.9 Å². The van der Waals surface area contributed by atoms with Gasteiger partial charge in [-0.1, -0.05) is 36.4 Å². The molecule has 0 saturated carbocycles. The average molecular weight is 344 g/mol. The van der Waals surface area contributed by atoms with E-state index in [0.717, 1.165) is 0 Å². The number of piperidine rings is 1. The van der Waals surface area contributed by atoms with E-state index in [1.54, 1.807) is 35.2 Å². The van der Waals surface area contributed by atoms with Crippen LogP contribution in [0.2, 0.25) is 0 Å². The third-order valence-electron chi connectivity index (χ3n) is 4.24. The molecule has 5 nitrogen and oxygen atoms in total. The molecule has 6 heteroatoms. The minimum atomic E-state index is -1.12. The number of carbonyl (C=O) groups is 2. The number of likely N-dealkylation sites (tertiary alicyclic amines) is 1. The summed E-state index contributed by atoms with van der Waals surface area (Å²) in [6.45, 7) is 1.08. The number of hydrogen-bond donors (Lipinski definition) is 2. The predicted octanol–water partition coefficient (Wildman–Crippen LogP) is 2.20. The first-order chi connectivity index (χ1) is 11.6. The van der Waals surface area contributed by atoms with E-state index in [1.807, 2.05) is 17.5 Å². The Hall–Kier alpha value is -2.18. The zero-order chi connectivity index (χ0) is 16.9. The maximum absolute atomic E-state index is 12.4. The molecular weight excluding hydrogens is 324 g/mol. The van der Waals surface area contributed by atoms with E-state index in [1.165, 1.54) is 11.3 Å². The number of amides is 2. The second kappa shape index (κ2) is 7.59. The van der Waals surface area contributed by atoms with Crippen LogP contribution in [0.5, 0.6) is 0 Å². The van der Waals surface area contributed by atoms with E-state index in [9.17, 15) is 14.7 Å². The summed E-state index contributed by atoms with van der Waals surface area (Å²) in [7, 11) is 0. The highest BCUT2D eigenvalue weighted by atomic mass is 32.1. The number of benzene rings is 1. The first-order valence-corrected chi connectivity index (χ1v) is 8.89. The average Bonchev–Trinajstić information content (AvgIpc) is 3.17. The van der Waals surface area contributed by atoms with Crippen LogP contribution in [-0.4, -0.2) is 41.0 Å². The number of thiophene rings is 1. The van der Waals surface area contributed by atoms with Crippen LogP contribution < -0.4 is 5.32 Å². The summed E-state index contributed by atoms with van der Waals surface area (Å²) < 4.78 is 0. The smallest absolute Gasteiger partial charge is 0.261 e. The lowest BCUT2D eigenvalue weighted by atomic mass is 10.0. The van der Waals surface area contributed by atoms with Crippen LogP contribution in [0.15, 0.2) is 47.8 Å². The van der Waals surface area contributed by atoms with Crippen molar-refractivity contribution in [2.75, 3.05) is 13.1 Å². The monoisotopic (exact) mass is 344 g/mol. The molecule has 24 heavy (non-hydrogen) atoms. The largest absolute Gasteiger partial charge is 0.378 e. The van der Waals surface area contributed by atoms with Gasteiger partial charge in [0, 0.05) is 19.1 Å². The van der Waals surface area contributed by atoms with Crippen LogP contribution in [0.1, 0.15) is 34.2 Å². The van der Waals surface area contributed by atoms with Crippen molar-refractivity contribution >= 4 is 23.2 Å². The summed E-state index contributed by atoms with van der Waals surface area (Å²) >= 11 is 1.42. The topological polar surface area (TPSA) is 69.6 Å². The number of carbonyl (C=O) groups excluding carboxylic acids is 2. The van der Waals surface area contributed by atoms with Gasteiger partial charge >= 0.3 is 0 Å². The first kappa shape index (κ1) is 16.7. The highest BCUT2D eigenvalue weighted by Gasteiger charge is 2.28. The first-order valence-electron chi connectivity index (χ1n) is 8.01. The van der Waals surface area contributed by atoms with Crippen LogP contribution in [0.4, 0.5) is 0 Å². The van der Waals surface area contributed by atoms with Crippen molar-refractivity contribution in [2.24, 2.45) is 0 Å². The molecule has 1 aromatic heterocycles. The number of aliphatic hydroxyl groups excluding tert-OH is 1. The molecule has 1 atom stereocenters. The van der Waals surface area contributed by atoms with Gasteiger partial charge in [-0.25, -0.2) is 0 Å². The molecule has 2 aromatic rings. The second-order valence-electron chi connectivity index (χ2n) is 5.86. The Kier molecular flexibility index (Phi) is 5.27. The highest BCUT2D eigenvalue weighted by molar-refractivity contribution is 7.12. The Labute approximate surface area is 144 Å². The Morgan fingerprint density at radius 3 is 2.46 bits per heavy atom. The van der Waals surface area contributed by atoms with Gasteiger partial charge in [0.1, 0.15) is 0 Å². The molecule has 1 aromatic carbocycles. The standard InChI is InChI=1S/C18H20N2O3S/c21-16(13-5-2-1-3-6-13)18(23)20-10-8-14(9-11-20)19-17(22)15-7-4-12-24-15/h1-7,12,14,16,21H,8-11H2,(H,19,22)/t16-/m0/s1. The van der Waals surface area contributed by atoms with Crippen LogP contribution in [-0.2, 0) is 4.79 Å². The van der Waals surface area contributed by atoms with Crippen molar-refractivity contribution in [3.05, 3.63) is 58.3 Å². The van der Waals surface area contributed by atoms with Gasteiger partial charge in [-0.15, -0.1) is 11.3 Å². The van der Waals surface area contributed by atoms with Crippen LogP contribution >= 0.6 is 11.3 Å². The summed E-state index contributed by atoms with van der Waals surface area (Å²) in [6, 6.07) is 12.7. The molecule has 1 saturated heterocycles. The predicted molar refractivity (Wildman–Crippen MR) is 92.8 cm³/mol. The quantitative estimate of drug-likeness (QED) is 0.893. The van der Waals surface area contributed by atoms with Gasteiger partial charge in [0.15, 0.2) is 6.10 Å². The van der Waals surface area contributed by atoms with Crippen LogP contribution in [0, 0.1) is 0 Å². The van der Waals surface area contributed by atoms with Gasteiger partial charge in [0.2, 0.25) is 0 Å². The molecule has 126 valence electrons. The van der Waals surface area contributed by atoms with E-state index < -0.39 is 6.10 Å². The molecule has 0 spiro atoms. The van der Waals surface area contributed by atoms with Crippen molar-refractivity contribution in [3.8, 4) is 0 Å². The lowest BCUT2D eigenvalue weighted by molar-refractivity contribution is -0.141. The highest BCUT2D eigenvalue weighted by Crippen LogP contribution is 2.19. The van der Waals surface area contributed by atoms with Gasteiger partial charge in [0.05, 0.1) is 4.88 Å². The normalized spacial score (nSPS) is 16.6. The van der Waals surface area contributed by atoms with E-state index in [-0.39, 0.29) is 17.9 Å². The van der Waals surface area contributed by atoms with Gasteiger partial charge in [0.25, 0.3) is 11.8 Å². The lowest BCUT2D eigenvalue weighted by Crippen LogP contribution is -2.47. The molecule has 0 bridgehead atoms. The van der Waals surface area contributed by atoms with Crippen molar-refractivity contribution in [2.45, 2.75) is 25.0 Å². The van der Waals surface area contributed by atoms with Gasteiger partial charge in [-0.3, -0.25) is 9.59 Å². The molecule has 1 fully saturated rings. The second-order valence-corrected chi connectivity index (χ2v) is 6.81. The van der Waals surface area contributed by atoms with Gasteiger partial charge in [-0.2, -0.15) is 0 Å². The Morgan fingerprint density at radius 2 is 1.83 bits per heavy atom. The fraction of sp³-hybridized carbons (Fsp3) is 0.333. The van der Waals surface area contributed by atoms with Crippen molar-refractivity contribution < 1.29 is 14.7 Å². The minimum absolute atomic E-state index is 0.0564. The molecular formula is C18H20N2O3S. The number of rotatable bonds is 4. The summed E-state index contributed by atoms with van der Waals surface area (Å²) in [5, 5.41) is 15.1. The van der Waals surface area contributed by atoms with E-state index in [2.05, 4.69) is 5.32 Å². The van der Waals surface area contributed by atoms with E-state index in [0.29, 0.717) is 36.4 Å². The van der Waals surface area contributed by atoms with Gasteiger partial charge < -0.3 is 15.3 Å².